The zero-order valence-corrected chi connectivity index (χ0v) is 13.0. The summed E-state index contributed by atoms with van der Waals surface area (Å²) >= 11 is 0. The van der Waals surface area contributed by atoms with E-state index in [2.05, 4.69) is 10.2 Å². The van der Waals surface area contributed by atoms with Crippen LogP contribution in [0, 0.1) is 15.5 Å². The smallest absolute Gasteiger partial charge is 0.274 e. The molecule has 0 aromatic heterocycles. The number of hydrogen-bond acceptors (Lipinski definition) is 6. The average Bonchev–Trinajstić information content (AvgIpc) is 2.48. The van der Waals surface area contributed by atoms with Crippen LogP contribution in [0.4, 0.5) is 5.69 Å². The number of phenols is 1. The highest BCUT2D eigenvalue weighted by Crippen LogP contribution is 2.43. The fourth-order valence-corrected chi connectivity index (χ4v) is 3.07. The van der Waals surface area contributed by atoms with Gasteiger partial charge in [-0.2, -0.15) is 0 Å². The Labute approximate surface area is 129 Å². The Balaban J connectivity index is 2.53. The van der Waals surface area contributed by atoms with Gasteiger partial charge in [-0.15, -0.1) is 0 Å². The minimum Gasteiger partial charge on any atom is -0.508 e. The Morgan fingerprint density at radius 1 is 1.41 bits per heavy atom. The molecule has 0 aliphatic carbocycles. The van der Waals surface area contributed by atoms with Crippen LogP contribution in [0.1, 0.15) is 25.5 Å². The third-order valence-electron chi connectivity index (χ3n) is 4.17. The number of nitrogens with one attached hydrogen (secondary N) is 1. The lowest BCUT2D eigenvalue weighted by atomic mass is 9.79. The van der Waals surface area contributed by atoms with Crippen LogP contribution in [0.5, 0.6) is 5.75 Å². The lowest BCUT2D eigenvalue weighted by Crippen LogP contribution is -2.49. The van der Waals surface area contributed by atoms with Crippen molar-refractivity contribution in [3.05, 3.63) is 33.9 Å². The van der Waals surface area contributed by atoms with Crippen LogP contribution in [0.25, 0.3) is 0 Å². The molecule has 1 aromatic rings. The molecule has 1 saturated heterocycles. The van der Waals surface area contributed by atoms with Crippen molar-refractivity contribution < 1.29 is 15.1 Å². The number of aromatic hydroxyl groups is 1. The summed E-state index contributed by atoms with van der Waals surface area (Å²) in [6.07, 6.45) is 0. The summed E-state index contributed by atoms with van der Waals surface area (Å²) < 4.78 is 0. The van der Waals surface area contributed by atoms with Crippen molar-refractivity contribution in [1.82, 2.24) is 10.2 Å². The first-order valence-electron chi connectivity index (χ1n) is 7.40. The number of hydrogen-bond donors (Lipinski definition) is 3. The average molecular weight is 309 g/mol. The van der Waals surface area contributed by atoms with Crippen LogP contribution in [0.2, 0.25) is 0 Å². The molecular formula is C15H23N3O4. The van der Waals surface area contributed by atoms with E-state index in [-0.39, 0.29) is 24.1 Å². The van der Waals surface area contributed by atoms with Crippen molar-refractivity contribution in [1.29, 1.82) is 0 Å². The highest BCUT2D eigenvalue weighted by molar-refractivity contribution is 5.47. The molecule has 0 spiro atoms. The number of phenolic OH excluding ortho intramolecular Hbond substituents is 1. The quantitative estimate of drug-likeness (QED) is 0.559. The molecule has 1 aliphatic heterocycles. The van der Waals surface area contributed by atoms with E-state index >= 15 is 0 Å². The molecule has 0 unspecified atom stereocenters. The molecule has 2 rings (SSSR count). The lowest BCUT2D eigenvalue weighted by Gasteiger charge is -2.43. The van der Waals surface area contributed by atoms with Crippen molar-refractivity contribution in [2.75, 3.05) is 32.8 Å². The molecule has 1 aliphatic rings. The van der Waals surface area contributed by atoms with Gasteiger partial charge < -0.3 is 15.5 Å². The van der Waals surface area contributed by atoms with E-state index in [1.807, 2.05) is 13.8 Å². The minimum absolute atomic E-state index is 0.00512. The van der Waals surface area contributed by atoms with Gasteiger partial charge in [0.05, 0.1) is 10.5 Å². The third-order valence-corrected chi connectivity index (χ3v) is 4.17. The van der Waals surface area contributed by atoms with E-state index in [1.165, 1.54) is 18.2 Å². The fraction of sp³-hybridized carbons (Fsp3) is 0.600. The number of nitro benzene ring substituents is 1. The second kappa shape index (κ2) is 6.60. The van der Waals surface area contributed by atoms with E-state index in [9.17, 15) is 20.3 Å². The largest absolute Gasteiger partial charge is 0.508 e. The molecule has 0 radical (unpaired) electrons. The van der Waals surface area contributed by atoms with Crippen molar-refractivity contribution in [3.63, 3.8) is 0 Å². The topological polar surface area (TPSA) is 98.9 Å². The van der Waals surface area contributed by atoms with Crippen LogP contribution in [0.3, 0.4) is 0 Å². The summed E-state index contributed by atoms with van der Waals surface area (Å²) in [7, 11) is 0. The van der Waals surface area contributed by atoms with E-state index in [1.54, 1.807) is 0 Å². The molecule has 1 aromatic carbocycles. The number of aliphatic hydroxyl groups excluding tert-OH is 1. The van der Waals surface area contributed by atoms with Crippen molar-refractivity contribution in [3.8, 4) is 5.75 Å². The minimum atomic E-state index is -0.574. The normalized spacial score (nSPS) is 18.1. The Bertz CT molecular complexity index is 542. The molecular weight excluding hydrogens is 286 g/mol. The molecule has 3 N–H and O–H groups in total. The number of aliphatic hydroxyl groups is 1. The zero-order chi connectivity index (χ0) is 16.3. The van der Waals surface area contributed by atoms with Gasteiger partial charge in [-0.3, -0.25) is 15.0 Å². The van der Waals surface area contributed by atoms with Gasteiger partial charge in [0, 0.05) is 50.3 Å². The van der Waals surface area contributed by atoms with Crippen molar-refractivity contribution >= 4 is 5.69 Å². The molecule has 0 saturated carbocycles. The standard InChI is InChI=1S/C15H23N3O4/c1-15(2,10-19)14(17-7-5-16-6-8-17)12-9-11(20)3-4-13(12)18(21)22/h3-4,9,14,16,19-20H,5-8,10H2,1-2H3/t14-/m1/s1. The summed E-state index contributed by atoms with van der Waals surface area (Å²) in [5.74, 6) is -0.00512. The molecule has 7 nitrogen and oxygen atoms in total. The summed E-state index contributed by atoms with van der Waals surface area (Å²) in [4.78, 5) is 13.1. The maximum absolute atomic E-state index is 11.4. The predicted molar refractivity (Wildman–Crippen MR) is 82.8 cm³/mol. The Morgan fingerprint density at radius 2 is 2.05 bits per heavy atom. The highest BCUT2D eigenvalue weighted by Gasteiger charge is 2.39. The van der Waals surface area contributed by atoms with Gasteiger partial charge in [-0.05, 0) is 12.1 Å². The maximum Gasteiger partial charge on any atom is 0.274 e. The van der Waals surface area contributed by atoms with E-state index < -0.39 is 10.3 Å². The molecule has 0 amide bonds. The van der Waals surface area contributed by atoms with Crippen LogP contribution < -0.4 is 5.32 Å². The van der Waals surface area contributed by atoms with Gasteiger partial charge in [0.25, 0.3) is 5.69 Å². The Kier molecular flexibility index (Phi) is 5.00. The van der Waals surface area contributed by atoms with Gasteiger partial charge in [-0.25, -0.2) is 0 Å². The number of piperazine rings is 1. The fourth-order valence-electron chi connectivity index (χ4n) is 3.07. The lowest BCUT2D eigenvalue weighted by molar-refractivity contribution is -0.386. The first-order chi connectivity index (χ1) is 10.4. The van der Waals surface area contributed by atoms with Crippen molar-refractivity contribution in [2.24, 2.45) is 5.41 Å². The summed E-state index contributed by atoms with van der Waals surface area (Å²) in [5.41, 5.74) is -0.149. The molecule has 1 atom stereocenters. The summed E-state index contributed by atoms with van der Waals surface area (Å²) in [5, 5.41) is 34.2. The monoisotopic (exact) mass is 309 g/mol. The van der Waals surface area contributed by atoms with Gasteiger partial charge in [-0.1, -0.05) is 13.8 Å². The molecule has 7 heteroatoms. The Morgan fingerprint density at radius 3 is 2.59 bits per heavy atom. The number of nitrogens with zero attached hydrogens (tertiary/aromatic N) is 2. The van der Waals surface area contributed by atoms with Crippen molar-refractivity contribution in [2.45, 2.75) is 19.9 Å². The van der Waals surface area contributed by atoms with E-state index in [4.69, 9.17) is 0 Å². The van der Waals surface area contributed by atoms with Crippen LogP contribution in [-0.2, 0) is 0 Å². The van der Waals surface area contributed by atoms with E-state index in [0.29, 0.717) is 5.56 Å². The molecule has 0 bridgehead atoms. The third kappa shape index (κ3) is 3.37. The number of benzene rings is 1. The second-order valence-corrected chi connectivity index (χ2v) is 6.34. The zero-order valence-electron chi connectivity index (χ0n) is 13.0. The SMILES string of the molecule is CC(C)(CO)[C@@H](c1cc(O)ccc1[N+](=O)[O-])N1CCNCC1. The van der Waals surface area contributed by atoms with Crippen LogP contribution in [-0.4, -0.2) is 52.8 Å². The maximum atomic E-state index is 11.4. The Hall–Kier alpha value is -1.70. The predicted octanol–water partition coefficient (Wildman–Crippen LogP) is 1.27. The van der Waals surface area contributed by atoms with Gasteiger partial charge in [0.2, 0.25) is 0 Å². The van der Waals surface area contributed by atoms with Crippen LogP contribution >= 0.6 is 0 Å². The van der Waals surface area contributed by atoms with Crippen LogP contribution in [0.15, 0.2) is 18.2 Å². The molecule has 1 fully saturated rings. The highest BCUT2D eigenvalue weighted by atomic mass is 16.6. The van der Waals surface area contributed by atoms with Gasteiger partial charge >= 0.3 is 0 Å². The van der Waals surface area contributed by atoms with E-state index in [0.717, 1.165) is 26.2 Å². The molecule has 122 valence electrons. The van der Waals surface area contributed by atoms with Gasteiger partial charge in [0.1, 0.15) is 5.75 Å². The first kappa shape index (κ1) is 16.7. The summed E-state index contributed by atoms with van der Waals surface area (Å²) in [6, 6.07) is 3.75. The number of nitro groups is 1. The second-order valence-electron chi connectivity index (χ2n) is 6.34. The molecule has 1 heterocycles. The number of rotatable bonds is 5. The van der Waals surface area contributed by atoms with Gasteiger partial charge in [0.15, 0.2) is 0 Å². The first-order valence-corrected chi connectivity index (χ1v) is 7.40. The molecule has 22 heavy (non-hydrogen) atoms. The summed E-state index contributed by atoms with van der Waals surface area (Å²) in [6.45, 7) is 6.73.